The molecule has 0 heterocycles. The van der Waals surface area contributed by atoms with Crippen LogP contribution in [0, 0.1) is 0 Å². The van der Waals surface area contributed by atoms with Gasteiger partial charge in [-0.15, -0.1) is 0 Å². The molecule has 0 rings (SSSR count). The van der Waals surface area contributed by atoms with E-state index in [0.717, 1.165) is 89.9 Å². The molecule has 6 nitrogen and oxygen atoms in total. The van der Waals surface area contributed by atoms with Gasteiger partial charge in [0.1, 0.15) is 13.2 Å². The summed E-state index contributed by atoms with van der Waals surface area (Å²) in [6.07, 6.45) is 52.0. The summed E-state index contributed by atoms with van der Waals surface area (Å²) in [5.74, 6) is -0.892. The highest BCUT2D eigenvalue weighted by Gasteiger charge is 2.19. The molecule has 0 aromatic carbocycles. The monoisotopic (exact) mass is 803 g/mol. The molecule has 0 saturated carbocycles. The van der Waals surface area contributed by atoms with Crippen LogP contribution < -0.4 is 0 Å². The van der Waals surface area contributed by atoms with Crippen LogP contribution in [-0.4, -0.2) is 37.2 Å². The smallest absolute Gasteiger partial charge is 0.306 e. The lowest BCUT2D eigenvalue weighted by atomic mass is 10.0. The zero-order valence-corrected chi connectivity index (χ0v) is 38.1. The summed E-state index contributed by atoms with van der Waals surface area (Å²) in [4.78, 5) is 37.6. The van der Waals surface area contributed by atoms with Crippen molar-refractivity contribution in [3.8, 4) is 0 Å². The lowest BCUT2D eigenvalue weighted by Gasteiger charge is -2.18. The van der Waals surface area contributed by atoms with Crippen LogP contribution in [0.2, 0.25) is 0 Å². The fourth-order valence-corrected chi connectivity index (χ4v) is 7.18. The molecule has 0 bridgehead atoms. The molecular formula is C51H94O6. The van der Waals surface area contributed by atoms with E-state index in [4.69, 9.17) is 14.2 Å². The molecule has 0 aromatic heterocycles. The first kappa shape index (κ1) is 54.9. The molecule has 0 spiro atoms. The molecule has 6 heteroatoms. The summed E-state index contributed by atoms with van der Waals surface area (Å²) in [6, 6.07) is 0. The highest BCUT2D eigenvalue weighted by atomic mass is 16.6. The second-order valence-electron chi connectivity index (χ2n) is 16.7. The van der Waals surface area contributed by atoms with Crippen LogP contribution in [0.5, 0.6) is 0 Å². The minimum absolute atomic E-state index is 0.0738. The average Bonchev–Trinajstić information content (AvgIpc) is 3.21. The van der Waals surface area contributed by atoms with Crippen molar-refractivity contribution in [2.45, 2.75) is 271 Å². The number of unbranched alkanes of at least 4 members (excludes halogenated alkanes) is 30. The van der Waals surface area contributed by atoms with Gasteiger partial charge in [0, 0.05) is 19.3 Å². The maximum atomic E-state index is 12.7. The molecule has 0 aliphatic heterocycles. The number of carbonyl (C=O) groups is 3. The van der Waals surface area contributed by atoms with Crippen LogP contribution in [0.4, 0.5) is 0 Å². The van der Waals surface area contributed by atoms with Gasteiger partial charge in [0.25, 0.3) is 0 Å². The standard InChI is InChI=1S/C51H94O6/c1-4-7-10-13-15-17-19-21-23-24-25-26-28-29-31-33-35-38-41-44-50(53)56-47-48(46-55-49(52)43-40-37-12-9-6-3)57-51(54)45-42-39-36-34-32-30-27-22-20-18-16-14-11-8-5-2/h16,18,22,27,48H,4-15,17,19-21,23-26,28-47H2,1-3H3/b18-16-,27-22-. The van der Waals surface area contributed by atoms with Gasteiger partial charge in [-0.3, -0.25) is 14.4 Å². The molecule has 0 aliphatic rings. The molecule has 0 radical (unpaired) electrons. The Morgan fingerprint density at radius 3 is 1.00 bits per heavy atom. The van der Waals surface area contributed by atoms with E-state index >= 15 is 0 Å². The first-order chi connectivity index (χ1) is 28.0. The van der Waals surface area contributed by atoms with Crippen molar-refractivity contribution in [2.75, 3.05) is 13.2 Å². The quantitative estimate of drug-likeness (QED) is 0.0264. The van der Waals surface area contributed by atoms with Crippen LogP contribution in [0.15, 0.2) is 24.3 Å². The third kappa shape index (κ3) is 44.8. The maximum Gasteiger partial charge on any atom is 0.306 e. The SMILES string of the molecule is CCCCC/C=C\C/C=C\CCCCCCCC(=O)OC(COC(=O)CCCCCCC)COC(=O)CCCCCCCCCCCCCCCCCCCCC. The number of carbonyl (C=O) groups excluding carboxylic acids is 3. The molecular weight excluding hydrogens is 709 g/mol. The van der Waals surface area contributed by atoms with Gasteiger partial charge in [-0.1, -0.05) is 218 Å². The van der Waals surface area contributed by atoms with Crippen LogP contribution in [0.1, 0.15) is 265 Å². The van der Waals surface area contributed by atoms with Gasteiger partial charge in [-0.05, 0) is 51.4 Å². The minimum Gasteiger partial charge on any atom is -0.462 e. The summed E-state index contributed by atoms with van der Waals surface area (Å²) < 4.78 is 16.6. The third-order valence-corrected chi connectivity index (χ3v) is 11.0. The number of ether oxygens (including phenoxy) is 3. The van der Waals surface area contributed by atoms with E-state index in [1.165, 1.54) is 135 Å². The zero-order chi connectivity index (χ0) is 41.5. The first-order valence-electron chi connectivity index (χ1n) is 24.8. The predicted molar refractivity (Wildman–Crippen MR) is 243 cm³/mol. The van der Waals surface area contributed by atoms with Crippen molar-refractivity contribution < 1.29 is 28.6 Å². The fraction of sp³-hybridized carbons (Fsp3) is 0.863. The molecule has 0 amide bonds. The molecule has 0 fully saturated rings. The molecule has 0 aliphatic carbocycles. The Hall–Kier alpha value is -2.11. The van der Waals surface area contributed by atoms with Gasteiger partial charge in [-0.2, -0.15) is 0 Å². The third-order valence-electron chi connectivity index (χ3n) is 11.0. The number of rotatable bonds is 45. The zero-order valence-electron chi connectivity index (χ0n) is 38.1. The Labute approximate surface area is 353 Å². The predicted octanol–water partition coefficient (Wildman–Crippen LogP) is 16.0. The van der Waals surface area contributed by atoms with Crippen LogP contribution >= 0.6 is 0 Å². The summed E-state index contributed by atoms with van der Waals surface area (Å²) in [5, 5.41) is 0. The van der Waals surface area contributed by atoms with Crippen molar-refractivity contribution in [3.05, 3.63) is 24.3 Å². The fourth-order valence-electron chi connectivity index (χ4n) is 7.18. The van der Waals surface area contributed by atoms with E-state index < -0.39 is 6.10 Å². The van der Waals surface area contributed by atoms with Crippen molar-refractivity contribution >= 4 is 17.9 Å². The Balaban J connectivity index is 4.14. The van der Waals surface area contributed by atoms with E-state index in [0.29, 0.717) is 19.3 Å². The van der Waals surface area contributed by atoms with Gasteiger partial charge < -0.3 is 14.2 Å². The maximum absolute atomic E-state index is 12.7. The molecule has 0 saturated heterocycles. The summed E-state index contributed by atoms with van der Waals surface area (Å²) in [5.41, 5.74) is 0. The Kier molecular flexibility index (Phi) is 44.9. The number of hydrogen-bond acceptors (Lipinski definition) is 6. The van der Waals surface area contributed by atoms with Crippen LogP contribution in [0.3, 0.4) is 0 Å². The lowest BCUT2D eigenvalue weighted by molar-refractivity contribution is -0.167. The highest BCUT2D eigenvalue weighted by molar-refractivity contribution is 5.71. The van der Waals surface area contributed by atoms with E-state index in [-0.39, 0.29) is 31.1 Å². The van der Waals surface area contributed by atoms with Gasteiger partial charge in [-0.25, -0.2) is 0 Å². The van der Waals surface area contributed by atoms with Gasteiger partial charge in [0.15, 0.2) is 6.10 Å². The van der Waals surface area contributed by atoms with E-state index in [1.807, 2.05) is 0 Å². The number of allylic oxidation sites excluding steroid dienone is 4. The van der Waals surface area contributed by atoms with Crippen molar-refractivity contribution in [1.29, 1.82) is 0 Å². The van der Waals surface area contributed by atoms with E-state index in [1.54, 1.807) is 0 Å². The van der Waals surface area contributed by atoms with Crippen molar-refractivity contribution in [2.24, 2.45) is 0 Å². The topological polar surface area (TPSA) is 78.9 Å². The van der Waals surface area contributed by atoms with Gasteiger partial charge in [0.2, 0.25) is 0 Å². The second-order valence-corrected chi connectivity index (χ2v) is 16.7. The number of hydrogen-bond donors (Lipinski definition) is 0. The van der Waals surface area contributed by atoms with Crippen LogP contribution in [0.25, 0.3) is 0 Å². The molecule has 1 atom stereocenters. The average molecular weight is 803 g/mol. The summed E-state index contributed by atoms with van der Waals surface area (Å²) in [6.45, 7) is 6.54. The summed E-state index contributed by atoms with van der Waals surface area (Å²) in [7, 11) is 0. The molecule has 0 N–H and O–H groups in total. The van der Waals surface area contributed by atoms with Crippen molar-refractivity contribution in [1.82, 2.24) is 0 Å². The first-order valence-corrected chi connectivity index (χ1v) is 24.8. The molecule has 0 aromatic rings. The summed E-state index contributed by atoms with van der Waals surface area (Å²) >= 11 is 0. The van der Waals surface area contributed by atoms with E-state index in [9.17, 15) is 14.4 Å². The Morgan fingerprint density at radius 2 is 0.632 bits per heavy atom. The molecule has 57 heavy (non-hydrogen) atoms. The normalized spacial score (nSPS) is 12.1. The van der Waals surface area contributed by atoms with E-state index in [2.05, 4.69) is 45.1 Å². The highest BCUT2D eigenvalue weighted by Crippen LogP contribution is 2.16. The van der Waals surface area contributed by atoms with Gasteiger partial charge in [0.05, 0.1) is 0 Å². The van der Waals surface area contributed by atoms with Crippen LogP contribution in [-0.2, 0) is 28.6 Å². The largest absolute Gasteiger partial charge is 0.462 e. The molecule has 334 valence electrons. The van der Waals surface area contributed by atoms with Crippen molar-refractivity contribution in [3.63, 3.8) is 0 Å². The minimum atomic E-state index is -0.770. The molecule has 1 unspecified atom stereocenters. The number of esters is 3. The Morgan fingerprint density at radius 1 is 0.351 bits per heavy atom. The van der Waals surface area contributed by atoms with Gasteiger partial charge >= 0.3 is 17.9 Å². The Bertz CT molecular complexity index is 927. The lowest BCUT2D eigenvalue weighted by Crippen LogP contribution is -2.30. The second kappa shape index (κ2) is 46.6.